The van der Waals surface area contributed by atoms with Crippen molar-refractivity contribution in [1.29, 1.82) is 0 Å². The summed E-state index contributed by atoms with van der Waals surface area (Å²) in [6, 6.07) is 7.65. The van der Waals surface area contributed by atoms with Crippen LogP contribution in [0.3, 0.4) is 0 Å². The molecule has 0 saturated carbocycles. The maximum atomic E-state index is 11.0. The number of benzene rings is 1. The van der Waals surface area contributed by atoms with Gasteiger partial charge in [0, 0.05) is 5.56 Å². The topological polar surface area (TPSA) is 44.8 Å². The molecule has 5 heteroatoms. The van der Waals surface area contributed by atoms with E-state index in [9.17, 15) is 4.79 Å². The van der Waals surface area contributed by atoms with Gasteiger partial charge in [0.2, 0.25) is 8.32 Å². The van der Waals surface area contributed by atoms with Gasteiger partial charge < -0.3 is 13.9 Å². The van der Waals surface area contributed by atoms with Crippen LogP contribution in [0.25, 0.3) is 0 Å². The number of carbonyl (C=O) groups excluding carboxylic acids is 1. The van der Waals surface area contributed by atoms with Crippen molar-refractivity contribution in [2.45, 2.75) is 25.9 Å². The molecule has 1 aliphatic rings. The van der Waals surface area contributed by atoms with E-state index in [1.807, 2.05) is 24.3 Å². The van der Waals surface area contributed by atoms with Gasteiger partial charge >= 0.3 is 0 Å². The Bertz CT molecular complexity index is 412. The molecule has 1 saturated heterocycles. The molecule has 4 nitrogen and oxygen atoms in total. The minimum atomic E-state index is -1.57. The molecule has 0 aliphatic carbocycles. The van der Waals surface area contributed by atoms with Crippen molar-refractivity contribution < 1.29 is 18.7 Å². The van der Waals surface area contributed by atoms with Gasteiger partial charge in [-0.25, -0.2) is 0 Å². The highest BCUT2D eigenvalue weighted by Crippen LogP contribution is 2.25. The highest BCUT2D eigenvalue weighted by atomic mass is 28.4. The van der Waals surface area contributed by atoms with Gasteiger partial charge in [0.25, 0.3) is 0 Å². The number of rotatable bonds is 3. The van der Waals surface area contributed by atoms with Crippen molar-refractivity contribution in [2.24, 2.45) is 0 Å². The van der Waals surface area contributed by atoms with Crippen molar-refractivity contribution in [3.05, 3.63) is 29.8 Å². The third kappa shape index (κ3) is 3.66. The van der Waals surface area contributed by atoms with Crippen LogP contribution in [0.4, 0.5) is 0 Å². The van der Waals surface area contributed by atoms with E-state index in [1.54, 1.807) is 0 Å². The van der Waals surface area contributed by atoms with E-state index in [0.717, 1.165) is 11.3 Å². The molecule has 0 amide bonds. The molecular weight excluding hydrogens is 248 g/mol. The maximum Gasteiger partial charge on any atom is 0.242 e. The Kier molecular flexibility index (Phi) is 3.84. The number of Topliss-reactive ketones (excluding diaryl/α,β-unsaturated/α-hetero) is 1. The molecule has 0 unspecified atom stereocenters. The Hall–Kier alpha value is -1.17. The number of carbonyl (C=O) groups is 1. The fourth-order valence-electron chi connectivity index (χ4n) is 1.67. The van der Waals surface area contributed by atoms with Gasteiger partial charge in [0.15, 0.2) is 12.1 Å². The standard InChI is InChI=1S/C13H18O4Si/c1-18(2,3)17-12-6-4-10(5-7-12)13-15-8-11(14)9-16-13/h4-7,13H,8-9H2,1-3H3. The van der Waals surface area contributed by atoms with Crippen LogP contribution in [0, 0.1) is 0 Å². The van der Waals surface area contributed by atoms with Gasteiger partial charge in [-0.1, -0.05) is 12.1 Å². The molecule has 98 valence electrons. The molecule has 1 aliphatic heterocycles. The number of ether oxygens (including phenoxy) is 2. The summed E-state index contributed by atoms with van der Waals surface area (Å²) in [6.07, 6.45) is -0.441. The molecule has 0 bridgehead atoms. The van der Waals surface area contributed by atoms with Crippen LogP contribution < -0.4 is 4.43 Å². The first kappa shape index (κ1) is 13.3. The van der Waals surface area contributed by atoms with Crippen LogP contribution >= 0.6 is 0 Å². The lowest BCUT2D eigenvalue weighted by molar-refractivity contribution is -0.188. The van der Waals surface area contributed by atoms with E-state index < -0.39 is 14.6 Å². The van der Waals surface area contributed by atoms with Crippen LogP contribution in [0.5, 0.6) is 5.75 Å². The minimum Gasteiger partial charge on any atom is -0.544 e. The average Bonchev–Trinajstić information content (AvgIpc) is 2.29. The van der Waals surface area contributed by atoms with Crippen LogP contribution in [-0.4, -0.2) is 27.3 Å². The van der Waals surface area contributed by atoms with Crippen LogP contribution in [0.15, 0.2) is 24.3 Å². The molecule has 1 heterocycles. The van der Waals surface area contributed by atoms with E-state index in [0.29, 0.717) is 0 Å². The third-order valence-corrected chi connectivity index (χ3v) is 3.22. The zero-order valence-corrected chi connectivity index (χ0v) is 11.9. The summed E-state index contributed by atoms with van der Waals surface area (Å²) in [4.78, 5) is 11.0. The molecule has 1 aromatic rings. The molecule has 0 aromatic heterocycles. The van der Waals surface area contributed by atoms with Gasteiger partial charge in [-0.3, -0.25) is 4.79 Å². The Balaban J connectivity index is 2.01. The Morgan fingerprint density at radius 3 is 2.17 bits per heavy atom. The molecule has 0 spiro atoms. The largest absolute Gasteiger partial charge is 0.544 e. The lowest BCUT2D eigenvalue weighted by Gasteiger charge is -2.23. The van der Waals surface area contributed by atoms with Gasteiger partial charge in [-0.15, -0.1) is 0 Å². The summed E-state index contributed by atoms with van der Waals surface area (Å²) in [5.41, 5.74) is 0.908. The predicted molar refractivity (Wildman–Crippen MR) is 70.1 cm³/mol. The fourth-order valence-corrected chi connectivity index (χ4v) is 2.51. The van der Waals surface area contributed by atoms with Crippen LogP contribution in [-0.2, 0) is 14.3 Å². The second-order valence-electron chi connectivity index (χ2n) is 5.28. The van der Waals surface area contributed by atoms with E-state index in [-0.39, 0.29) is 19.0 Å². The van der Waals surface area contributed by atoms with E-state index in [1.165, 1.54) is 0 Å². The van der Waals surface area contributed by atoms with Crippen molar-refractivity contribution in [3.8, 4) is 5.75 Å². The fraction of sp³-hybridized carbons (Fsp3) is 0.462. The monoisotopic (exact) mass is 266 g/mol. The van der Waals surface area contributed by atoms with Gasteiger partial charge in [0.1, 0.15) is 19.0 Å². The van der Waals surface area contributed by atoms with Crippen molar-refractivity contribution in [2.75, 3.05) is 13.2 Å². The van der Waals surface area contributed by atoms with Crippen molar-refractivity contribution in [1.82, 2.24) is 0 Å². The SMILES string of the molecule is C[Si](C)(C)Oc1ccc(C2OCC(=O)CO2)cc1. The van der Waals surface area contributed by atoms with Crippen molar-refractivity contribution >= 4 is 14.1 Å². The summed E-state index contributed by atoms with van der Waals surface area (Å²) >= 11 is 0. The molecular formula is C13H18O4Si. The summed E-state index contributed by atoms with van der Waals surface area (Å²) in [5, 5.41) is 0. The molecule has 0 atom stereocenters. The summed E-state index contributed by atoms with van der Waals surface area (Å²) in [7, 11) is -1.57. The van der Waals surface area contributed by atoms with Crippen LogP contribution in [0.1, 0.15) is 11.9 Å². The maximum absolute atomic E-state index is 11.0. The summed E-state index contributed by atoms with van der Waals surface area (Å²) in [6.45, 7) is 6.66. The predicted octanol–water partition coefficient (Wildman–Crippen LogP) is 2.51. The highest BCUT2D eigenvalue weighted by molar-refractivity contribution is 6.70. The highest BCUT2D eigenvalue weighted by Gasteiger charge is 2.21. The average molecular weight is 266 g/mol. The first-order chi connectivity index (χ1) is 8.44. The Morgan fingerprint density at radius 2 is 1.67 bits per heavy atom. The van der Waals surface area contributed by atoms with Crippen molar-refractivity contribution in [3.63, 3.8) is 0 Å². The van der Waals surface area contributed by atoms with Gasteiger partial charge in [-0.2, -0.15) is 0 Å². The summed E-state index contributed by atoms with van der Waals surface area (Å²) < 4.78 is 16.5. The first-order valence-corrected chi connectivity index (χ1v) is 9.39. The van der Waals surface area contributed by atoms with Gasteiger partial charge in [-0.05, 0) is 31.8 Å². The normalized spacial score (nSPS) is 17.8. The zero-order chi connectivity index (χ0) is 13.2. The number of ketones is 1. The van der Waals surface area contributed by atoms with E-state index in [2.05, 4.69) is 19.6 Å². The molecule has 0 radical (unpaired) electrons. The second kappa shape index (κ2) is 5.22. The molecule has 2 rings (SSSR count). The smallest absolute Gasteiger partial charge is 0.242 e. The van der Waals surface area contributed by atoms with E-state index >= 15 is 0 Å². The quantitative estimate of drug-likeness (QED) is 0.789. The van der Waals surface area contributed by atoms with E-state index in [4.69, 9.17) is 13.9 Å². The van der Waals surface area contributed by atoms with Crippen LogP contribution in [0.2, 0.25) is 19.6 Å². The third-order valence-electron chi connectivity index (χ3n) is 2.37. The first-order valence-electron chi connectivity index (χ1n) is 5.98. The molecule has 18 heavy (non-hydrogen) atoms. The molecule has 0 N–H and O–H groups in total. The minimum absolute atomic E-state index is 0.0232. The molecule has 1 fully saturated rings. The Labute approximate surface area is 108 Å². The lowest BCUT2D eigenvalue weighted by atomic mass is 10.2. The van der Waals surface area contributed by atoms with Gasteiger partial charge in [0.05, 0.1) is 0 Å². The Morgan fingerprint density at radius 1 is 1.11 bits per heavy atom. The molecule has 1 aromatic carbocycles. The zero-order valence-electron chi connectivity index (χ0n) is 10.9. The number of hydrogen-bond donors (Lipinski definition) is 0. The lowest BCUT2D eigenvalue weighted by Crippen LogP contribution is -2.29. The second-order valence-corrected chi connectivity index (χ2v) is 9.70. The summed E-state index contributed by atoms with van der Waals surface area (Å²) in [5.74, 6) is 0.842. The number of hydrogen-bond acceptors (Lipinski definition) is 4.